The van der Waals surface area contributed by atoms with Gasteiger partial charge in [-0.05, 0) is 43.9 Å². The summed E-state index contributed by atoms with van der Waals surface area (Å²) in [6.07, 6.45) is 1.43. The summed E-state index contributed by atoms with van der Waals surface area (Å²) in [6, 6.07) is 4.62. The highest BCUT2D eigenvalue weighted by Gasteiger charge is 2.41. The molecule has 1 aromatic rings. The van der Waals surface area contributed by atoms with E-state index in [1.165, 1.54) is 36.1 Å². The second-order valence-electron chi connectivity index (χ2n) is 5.95. The van der Waals surface area contributed by atoms with E-state index in [0.717, 1.165) is 0 Å². The molecular weight excluding hydrogens is 329 g/mol. The van der Waals surface area contributed by atoms with Crippen LogP contribution in [0.25, 0.3) is 0 Å². The third-order valence-corrected chi connectivity index (χ3v) is 4.15. The van der Waals surface area contributed by atoms with Crippen molar-refractivity contribution >= 4 is 17.7 Å². The number of hydrogen-bond donors (Lipinski definition) is 1. The quantitative estimate of drug-likeness (QED) is 0.717. The molecule has 1 aliphatic rings. The summed E-state index contributed by atoms with van der Waals surface area (Å²) in [5.41, 5.74) is 0.519. The third-order valence-electron chi connectivity index (χ3n) is 4.15. The fourth-order valence-electron chi connectivity index (χ4n) is 2.96. The number of amides is 1. The van der Waals surface area contributed by atoms with Crippen molar-refractivity contribution in [3.8, 4) is 0 Å². The second-order valence-corrected chi connectivity index (χ2v) is 5.95. The predicted molar refractivity (Wildman–Crippen MR) is 84.7 cm³/mol. The molecule has 0 bridgehead atoms. The average molecular weight is 348 g/mol. The number of unbranched alkanes of at least 4 members (excludes halogenated alkanes) is 2. The number of nitrogens with zero attached hydrogens (tertiary/aromatic N) is 1. The summed E-state index contributed by atoms with van der Waals surface area (Å²) in [6.45, 7) is 1.51. The molecule has 0 radical (unpaired) electrons. The van der Waals surface area contributed by atoms with E-state index in [1.807, 2.05) is 0 Å². The van der Waals surface area contributed by atoms with Crippen LogP contribution in [0.1, 0.15) is 44.2 Å². The van der Waals surface area contributed by atoms with Crippen LogP contribution in [0.4, 0.5) is 4.39 Å². The van der Waals surface area contributed by atoms with Gasteiger partial charge in [0.1, 0.15) is 5.82 Å². The van der Waals surface area contributed by atoms with Crippen LogP contribution in [-0.2, 0) is 14.4 Å². The van der Waals surface area contributed by atoms with Gasteiger partial charge in [-0.3, -0.25) is 9.59 Å². The molecule has 0 spiro atoms. The van der Waals surface area contributed by atoms with Crippen LogP contribution in [0.5, 0.6) is 0 Å². The Hall–Kier alpha value is -2.70. The van der Waals surface area contributed by atoms with Gasteiger partial charge < -0.3 is 19.9 Å². The molecule has 0 saturated heterocycles. The highest BCUT2D eigenvalue weighted by atomic mass is 19.1. The number of carboxylic acids is 1. The van der Waals surface area contributed by atoms with Crippen molar-refractivity contribution in [2.45, 2.75) is 38.6 Å². The van der Waals surface area contributed by atoms with Gasteiger partial charge in [-0.2, -0.15) is 0 Å². The van der Waals surface area contributed by atoms with Crippen LogP contribution < -0.4 is 5.11 Å². The Bertz CT molecular complexity index is 711. The molecule has 0 aromatic heterocycles. The Morgan fingerprint density at radius 1 is 1.20 bits per heavy atom. The lowest BCUT2D eigenvalue weighted by molar-refractivity contribution is -0.305. The lowest BCUT2D eigenvalue weighted by Crippen LogP contribution is -2.32. The lowest BCUT2D eigenvalue weighted by Gasteiger charge is -2.26. The molecular formula is C18H19FNO5-. The maximum atomic E-state index is 13.2. The number of aliphatic hydroxyl groups is 1. The Morgan fingerprint density at radius 2 is 1.84 bits per heavy atom. The number of Topliss-reactive ketones (excluding diaryl/α,β-unsaturated/α-hetero) is 1. The van der Waals surface area contributed by atoms with Crippen molar-refractivity contribution in [1.29, 1.82) is 0 Å². The molecule has 7 heteroatoms. The number of benzene rings is 1. The number of carbonyl (C=O) groups is 3. The van der Waals surface area contributed by atoms with Crippen LogP contribution >= 0.6 is 0 Å². The molecule has 1 aromatic carbocycles. The minimum Gasteiger partial charge on any atom is -0.550 e. The van der Waals surface area contributed by atoms with Gasteiger partial charge in [0.15, 0.2) is 11.5 Å². The number of carboxylic acid groups (broad SMARTS) is 1. The van der Waals surface area contributed by atoms with Gasteiger partial charge in [-0.25, -0.2) is 4.39 Å². The zero-order valence-corrected chi connectivity index (χ0v) is 13.8. The molecule has 1 atom stereocenters. The predicted octanol–water partition coefficient (Wildman–Crippen LogP) is 1.42. The number of carbonyl (C=O) groups excluding carboxylic acids is 3. The molecule has 134 valence electrons. The Balaban J connectivity index is 2.19. The fourth-order valence-corrected chi connectivity index (χ4v) is 2.96. The molecule has 0 aliphatic carbocycles. The van der Waals surface area contributed by atoms with Crippen LogP contribution in [0.15, 0.2) is 35.6 Å². The summed E-state index contributed by atoms with van der Waals surface area (Å²) in [7, 11) is 0. The van der Waals surface area contributed by atoms with Gasteiger partial charge in [-0.15, -0.1) is 0 Å². The minimum absolute atomic E-state index is 0.00801. The molecule has 1 N–H and O–H groups in total. The van der Waals surface area contributed by atoms with Gasteiger partial charge in [0.2, 0.25) is 0 Å². The SMILES string of the molecule is CC(=O)C1=C(O)C(=O)N(CCCCCC(=O)[O-])[C@@H]1c1ccc(F)cc1. The van der Waals surface area contributed by atoms with E-state index in [-0.39, 0.29) is 18.5 Å². The molecule has 1 aliphatic heterocycles. The molecule has 25 heavy (non-hydrogen) atoms. The van der Waals surface area contributed by atoms with E-state index in [4.69, 9.17) is 0 Å². The highest BCUT2D eigenvalue weighted by molar-refractivity contribution is 6.08. The Labute approximate surface area is 144 Å². The van der Waals surface area contributed by atoms with E-state index in [9.17, 15) is 29.0 Å². The highest BCUT2D eigenvalue weighted by Crippen LogP contribution is 2.37. The lowest BCUT2D eigenvalue weighted by atomic mass is 9.96. The van der Waals surface area contributed by atoms with E-state index in [1.54, 1.807) is 0 Å². The monoisotopic (exact) mass is 348 g/mol. The maximum absolute atomic E-state index is 13.2. The van der Waals surface area contributed by atoms with Gasteiger partial charge in [0.05, 0.1) is 11.6 Å². The summed E-state index contributed by atoms with van der Waals surface area (Å²) in [4.78, 5) is 36.0. The van der Waals surface area contributed by atoms with Crippen LogP contribution in [-0.4, -0.2) is 34.2 Å². The maximum Gasteiger partial charge on any atom is 0.290 e. The molecule has 0 unspecified atom stereocenters. The second kappa shape index (κ2) is 7.92. The molecule has 0 saturated carbocycles. The first-order valence-corrected chi connectivity index (χ1v) is 8.03. The van der Waals surface area contributed by atoms with Crippen molar-refractivity contribution < 1.29 is 29.0 Å². The van der Waals surface area contributed by atoms with E-state index in [2.05, 4.69) is 0 Å². The van der Waals surface area contributed by atoms with E-state index in [0.29, 0.717) is 24.8 Å². The average Bonchev–Trinajstić information content (AvgIpc) is 2.80. The van der Waals surface area contributed by atoms with Crippen LogP contribution in [0.3, 0.4) is 0 Å². The van der Waals surface area contributed by atoms with E-state index < -0.39 is 35.3 Å². The molecule has 1 heterocycles. The summed E-state index contributed by atoms with van der Waals surface area (Å²) in [5.74, 6) is -3.24. The van der Waals surface area contributed by atoms with Crippen molar-refractivity contribution in [3.05, 3.63) is 47.0 Å². The number of aliphatic hydroxyl groups excluding tert-OH is 1. The van der Waals surface area contributed by atoms with Gasteiger partial charge in [0, 0.05) is 12.5 Å². The molecule has 1 amide bonds. The fraction of sp³-hybridized carbons (Fsp3) is 0.389. The smallest absolute Gasteiger partial charge is 0.290 e. The molecule has 2 rings (SSSR count). The summed E-state index contributed by atoms with van der Waals surface area (Å²) < 4.78 is 13.2. The van der Waals surface area contributed by atoms with E-state index >= 15 is 0 Å². The van der Waals surface area contributed by atoms with Gasteiger partial charge in [0.25, 0.3) is 5.91 Å². The number of hydrogen-bond acceptors (Lipinski definition) is 5. The first kappa shape index (κ1) is 18.6. The third kappa shape index (κ3) is 4.23. The minimum atomic E-state index is -1.13. The zero-order valence-electron chi connectivity index (χ0n) is 13.8. The molecule has 0 fully saturated rings. The van der Waals surface area contributed by atoms with Crippen molar-refractivity contribution in [2.75, 3.05) is 6.54 Å². The standard InChI is InChI=1S/C18H20FNO5/c1-11(21)15-16(12-6-8-13(19)9-7-12)20(18(25)17(15)24)10-4-2-3-5-14(22)23/h6-9,16,24H,2-5,10H2,1H3,(H,22,23)/p-1/t16-/m1/s1. The topological polar surface area (TPSA) is 97.7 Å². The Kier molecular flexibility index (Phi) is 5.90. The summed E-state index contributed by atoms with van der Waals surface area (Å²) in [5, 5.41) is 20.5. The van der Waals surface area contributed by atoms with Gasteiger partial charge in [-0.1, -0.05) is 18.6 Å². The number of aliphatic carboxylic acids is 1. The Morgan fingerprint density at radius 3 is 2.40 bits per heavy atom. The number of halogens is 1. The number of ketones is 1. The largest absolute Gasteiger partial charge is 0.550 e. The van der Waals surface area contributed by atoms with Crippen molar-refractivity contribution in [1.82, 2.24) is 4.90 Å². The molecule has 6 nitrogen and oxygen atoms in total. The van der Waals surface area contributed by atoms with Crippen LogP contribution in [0.2, 0.25) is 0 Å². The van der Waals surface area contributed by atoms with Gasteiger partial charge >= 0.3 is 0 Å². The first-order chi connectivity index (χ1) is 11.8. The van der Waals surface area contributed by atoms with Crippen molar-refractivity contribution in [3.63, 3.8) is 0 Å². The van der Waals surface area contributed by atoms with Crippen molar-refractivity contribution in [2.24, 2.45) is 0 Å². The summed E-state index contributed by atoms with van der Waals surface area (Å²) >= 11 is 0. The first-order valence-electron chi connectivity index (χ1n) is 8.03. The van der Waals surface area contributed by atoms with Crippen LogP contribution in [0, 0.1) is 5.82 Å². The number of rotatable bonds is 8. The zero-order chi connectivity index (χ0) is 18.6. The normalized spacial score (nSPS) is 17.3.